The molecule has 0 rings (SSSR count). The number of ether oxygens (including phenoxy) is 2. The first-order valence-electron chi connectivity index (χ1n) is 21.8. The lowest BCUT2D eigenvalue weighted by Gasteiger charge is -2.24. The fraction of sp³-hybridized carbons (Fsp3) is 0.756. The van der Waals surface area contributed by atoms with Gasteiger partial charge in [0, 0.05) is 19.3 Å². The first kappa shape index (κ1) is 53.6. The molecule has 0 aromatic heterocycles. The van der Waals surface area contributed by atoms with Crippen molar-refractivity contribution in [1.82, 2.24) is 0 Å². The van der Waals surface area contributed by atoms with Gasteiger partial charge in [-0.1, -0.05) is 153 Å². The number of unbranched alkanes of at least 4 members (excludes halogenated alkanes) is 16. The van der Waals surface area contributed by atoms with Crippen LogP contribution in [-0.2, 0) is 37.5 Å². The van der Waals surface area contributed by atoms with Gasteiger partial charge in [0.2, 0.25) is 0 Å². The largest absolute Gasteiger partial charge is 0.472 e. The Labute approximate surface area is 341 Å². The second-order valence-corrected chi connectivity index (χ2v) is 17.2. The van der Waals surface area contributed by atoms with E-state index in [1.54, 1.807) is 6.08 Å². The van der Waals surface area contributed by atoms with Crippen LogP contribution in [0.4, 0.5) is 0 Å². The molecule has 0 spiro atoms. The molecular formula is C45H81NO9P+. The van der Waals surface area contributed by atoms with Crippen LogP contribution < -0.4 is 0 Å². The van der Waals surface area contributed by atoms with Gasteiger partial charge < -0.3 is 18.9 Å². The lowest BCUT2D eigenvalue weighted by atomic mass is 10.0. The van der Waals surface area contributed by atoms with Crippen molar-refractivity contribution in [3.63, 3.8) is 0 Å². The highest BCUT2D eigenvalue weighted by Crippen LogP contribution is 2.43. The molecule has 0 saturated carbocycles. The van der Waals surface area contributed by atoms with Crippen LogP contribution in [0.25, 0.3) is 0 Å². The maximum atomic E-state index is 12.7. The predicted molar refractivity (Wildman–Crippen MR) is 229 cm³/mol. The lowest BCUT2D eigenvalue weighted by molar-refractivity contribution is -0.870. The third-order valence-corrected chi connectivity index (χ3v) is 10.1. The molecular weight excluding hydrogens is 729 g/mol. The number of allylic oxidation sites excluding steroid dienone is 8. The van der Waals surface area contributed by atoms with E-state index in [2.05, 4.69) is 38.2 Å². The first-order valence-corrected chi connectivity index (χ1v) is 23.3. The fourth-order valence-electron chi connectivity index (χ4n) is 5.61. The Hall–Kier alpha value is -2.36. The zero-order chi connectivity index (χ0) is 41.6. The molecule has 1 N–H and O–H groups in total. The average Bonchev–Trinajstić information content (AvgIpc) is 3.14. The topological polar surface area (TPSA) is 125 Å². The Kier molecular flexibility index (Phi) is 35.4. The van der Waals surface area contributed by atoms with Gasteiger partial charge in [-0.15, -0.1) is 0 Å². The molecule has 0 amide bonds. The minimum atomic E-state index is -4.43. The maximum Gasteiger partial charge on any atom is 0.472 e. The van der Waals surface area contributed by atoms with Gasteiger partial charge in [0.1, 0.15) is 19.8 Å². The monoisotopic (exact) mass is 811 g/mol. The molecule has 1 unspecified atom stereocenters. The van der Waals surface area contributed by atoms with Crippen molar-refractivity contribution >= 4 is 25.5 Å². The summed E-state index contributed by atoms with van der Waals surface area (Å²) in [6.45, 7) is 4.11. The molecule has 0 aromatic rings. The Morgan fingerprint density at radius 2 is 1.14 bits per heavy atom. The molecule has 0 heterocycles. The maximum absolute atomic E-state index is 12.7. The Morgan fingerprint density at radius 1 is 0.607 bits per heavy atom. The first-order chi connectivity index (χ1) is 26.9. The van der Waals surface area contributed by atoms with Gasteiger partial charge >= 0.3 is 19.8 Å². The van der Waals surface area contributed by atoms with E-state index in [0.717, 1.165) is 38.5 Å². The summed E-state index contributed by atoms with van der Waals surface area (Å²) in [6, 6.07) is 0. The molecule has 0 aliphatic heterocycles. The van der Waals surface area contributed by atoms with E-state index >= 15 is 0 Å². The number of quaternary nitrogens is 1. The number of likely N-dealkylation sites (N-methyl/N-ethyl adjacent to an activating group) is 1. The summed E-state index contributed by atoms with van der Waals surface area (Å²) in [7, 11) is 1.35. The second kappa shape index (κ2) is 36.9. The van der Waals surface area contributed by atoms with E-state index in [-0.39, 0.29) is 38.3 Å². The quantitative estimate of drug-likeness (QED) is 0.0123. The summed E-state index contributed by atoms with van der Waals surface area (Å²) in [5.74, 6) is -1.15. The van der Waals surface area contributed by atoms with E-state index in [1.807, 2.05) is 33.3 Å². The zero-order valence-corrected chi connectivity index (χ0v) is 37.0. The highest BCUT2D eigenvalue weighted by molar-refractivity contribution is 7.47. The van der Waals surface area contributed by atoms with Crippen molar-refractivity contribution in [3.8, 4) is 0 Å². The van der Waals surface area contributed by atoms with E-state index in [0.29, 0.717) is 23.9 Å². The van der Waals surface area contributed by atoms with Crippen LogP contribution in [0.3, 0.4) is 0 Å². The van der Waals surface area contributed by atoms with Crippen LogP contribution in [0.15, 0.2) is 48.6 Å². The fourth-order valence-corrected chi connectivity index (χ4v) is 6.36. The van der Waals surface area contributed by atoms with Gasteiger partial charge in [-0.2, -0.15) is 0 Å². The van der Waals surface area contributed by atoms with Crippen molar-refractivity contribution in [2.24, 2.45) is 0 Å². The third kappa shape index (κ3) is 39.9. The van der Waals surface area contributed by atoms with Gasteiger partial charge in [0.25, 0.3) is 0 Å². The van der Waals surface area contributed by atoms with Crippen LogP contribution in [0.1, 0.15) is 168 Å². The average molecular weight is 811 g/mol. The Bertz CT molecular complexity index is 1160. The van der Waals surface area contributed by atoms with Gasteiger partial charge in [-0.25, -0.2) is 4.57 Å². The number of nitrogens with zero attached hydrogens (tertiary/aromatic N) is 1. The van der Waals surface area contributed by atoms with Crippen molar-refractivity contribution in [3.05, 3.63) is 48.6 Å². The van der Waals surface area contributed by atoms with Gasteiger partial charge in [0.05, 0.1) is 27.7 Å². The summed E-state index contributed by atoms with van der Waals surface area (Å²) in [6.07, 6.45) is 38.7. The lowest BCUT2D eigenvalue weighted by Crippen LogP contribution is -2.37. The van der Waals surface area contributed by atoms with E-state index in [4.69, 9.17) is 18.5 Å². The standard InChI is InChI=1S/C45H80NO9P/c1-6-8-10-12-14-16-18-20-22-24-26-28-30-32-36-45(49)55-43(41-54-56(50,51)53-39-38-46(3,4)5)40-52-44(48)37-33-35-42(47)34-31-29-27-25-23-21-19-17-15-13-11-9-7-2/h15,17,21,23,27,29,31,34,43H,6-14,16,18-20,22,24-26,28,30,32-33,35-41H2,1-5H3/p+1/b17-15-,23-21-,29-27-,34-31+/t43-/m1/s1. The molecule has 0 radical (unpaired) electrons. The molecule has 2 atom stereocenters. The summed E-state index contributed by atoms with van der Waals surface area (Å²) < 4.78 is 34.0. The molecule has 0 saturated heterocycles. The molecule has 0 aliphatic carbocycles. The number of phosphoric acid groups is 1. The summed E-state index contributed by atoms with van der Waals surface area (Å²) in [5.41, 5.74) is 0. The molecule has 10 nitrogen and oxygen atoms in total. The SMILES string of the molecule is CCCCC/C=C\C/C=C\C/C=C\C=C\C(=O)CCCC(=O)OC[C@H](COP(=O)(O)OCC[N+](C)(C)C)OC(=O)CCCCCCCCCCCCCCCC. The molecule has 11 heteroatoms. The number of ketones is 1. The predicted octanol–water partition coefficient (Wildman–Crippen LogP) is 11.5. The number of carbonyl (C=O) groups excluding carboxylic acids is 3. The van der Waals surface area contributed by atoms with Gasteiger partial charge in [-0.05, 0) is 44.6 Å². The minimum Gasteiger partial charge on any atom is -0.462 e. The minimum absolute atomic E-state index is 0.000489. The van der Waals surface area contributed by atoms with E-state index in [9.17, 15) is 23.8 Å². The van der Waals surface area contributed by atoms with Crippen molar-refractivity contribution in [2.45, 2.75) is 174 Å². The number of esters is 2. The molecule has 0 aromatic carbocycles. The third-order valence-electron chi connectivity index (χ3n) is 9.09. The van der Waals surface area contributed by atoms with Crippen LogP contribution in [0.2, 0.25) is 0 Å². The smallest absolute Gasteiger partial charge is 0.462 e. The van der Waals surface area contributed by atoms with Crippen LogP contribution >= 0.6 is 7.82 Å². The number of carbonyl (C=O) groups is 3. The summed E-state index contributed by atoms with van der Waals surface area (Å²) >= 11 is 0. The molecule has 0 bridgehead atoms. The molecule has 0 fully saturated rings. The van der Waals surface area contributed by atoms with Crippen LogP contribution in [-0.4, -0.2) is 80.7 Å². The molecule has 324 valence electrons. The molecule has 56 heavy (non-hydrogen) atoms. The van der Waals surface area contributed by atoms with Gasteiger partial charge in [-0.3, -0.25) is 23.4 Å². The molecule has 0 aliphatic rings. The van der Waals surface area contributed by atoms with Crippen molar-refractivity contribution in [2.75, 3.05) is 47.5 Å². The number of hydrogen-bond donors (Lipinski definition) is 1. The zero-order valence-electron chi connectivity index (χ0n) is 36.1. The summed E-state index contributed by atoms with van der Waals surface area (Å²) in [4.78, 5) is 47.5. The number of rotatable bonds is 39. The Morgan fingerprint density at radius 3 is 1.75 bits per heavy atom. The van der Waals surface area contributed by atoms with E-state index in [1.165, 1.54) is 89.5 Å². The second-order valence-electron chi connectivity index (χ2n) is 15.8. The van der Waals surface area contributed by atoms with Crippen molar-refractivity contribution < 1.29 is 46.8 Å². The highest BCUT2D eigenvalue weighted by atomic mass is 31.2. The van der Waals surface area contributed by atoms with Crippen LogP contribution in [0, 0.1) is 0 Å². The Balaban J connectivity index is 4.56. The summed E-state index contributed by atoms with van der Waals surface area (Å²) in [5, 5.41) is 0. The number of phosphoric ester groups is 1. The van der Waals surface area contributed by atoms with Crippen LogP contribution in [0.5, 0.6) is 0 Å². The van der Waals surface area contributed by atoms with Gasteiger partial charge in [0.15, 0.2) is 11.9 Å². The normalized spacial score (nSPS) is 14.0. The number of hydrogen-bond acceptors (Lipinski definition) is 8. The van der Waals surface area contributed by atoms with E-state index < -0.39 is 32.5 Å². The highest BCUT2D eigenvalue weighted by Gasteiger charge is 2.27. The van der Waals surface area contributed by atoms with Crippen molar-refractivity contribution in [1.29, 1.82) is 0 Å².